The number of hydrogen-bond donors (Lipinski definition) is 1. The van der Waals surface area contributed by atoms with Gasteiger partial charge in [0.2, 0.25) is 6.23 Å². The Morgan fingerprint density at radius 2 is 2.09 bits per heavy atom. The summed E-state index contributed by atoms with van der Waals surface area (Å²) in [5, 5.41) is 8.54. The fourth-order valence-corrected chi connectivity index (χ4v) is 0.583. The number of alkyl halides is 3. The number of imidazole rings is 1. The van der Waals surface area contributed by atoms with E-state index in [1.165, 1.54) is 0 Å². The molecule has 0 saturated heterocycles. The Kier molecular flexibility index (Phi) is 1.86. The highest BCUT2D eigenvalue weighted by atomic mass is 19.4. The van der Waals surface area contributed by atoms with E-state index in [1.807, 2.05) is 0 Å². The van der Waals surface area contributed by atoms with Gasteiger partial charge in [0.15, 0.2) is 0 Å². The number of hydrogen-bond acceptors (Lipinski definition) is 2. The van der Waals surface area contributed by atoms with Gasteiger partial charge in [0.25, 0.3) is 0 Å². The third-order valence-electron chi connectivity index (χ3n) is 1.10. The van der Waals surface area contributed by atoms with E-state index in [9.17, 15) is 13.2 Å². The number of nitrogens with zero attached hydrogens (tertiary/aromatic N) is 2. The van der Waals surface area contributed by atoms with Gasteiger partial charge in [-0.1, -0.05) is 0 Å². The normalized spacial score (nSPS) is 14.9. The van der Waals surface area contributed by atoms with Crippen LogP contribution in [0.3, 0.4) is 0 Å². The lowest BCUT2D eigenvalue weighted by Crippen LogP contribution is -2.25. The van der Waals surface area contributed by atoms with Crippen molar-refractivity contribution in [2.24, 2.45) is 0 Å². The molecule has 6 heteroatoms. The SMILES string of the molecule is OC(n1ccnc1)C(F)(F)F. The van der Waals surface area contributed by atoms with Crippen LogP contribution in [-0.4, -0.2) is 20.8 Å². The molecule has 0 aliphatic heterocycles. The zero-order chi connectivity index (χ0) is 8.48. The Labute approximate surface area is 60.1 Å². The summed E-state index contributed by atoms with van der Waals surface area (Å²) in [6.07, 6.45) is -4.03. The van der Waals surface area contributed by atoms with E-state index in [2.05, 4.69) is 4.98 Å². The molecule has 0 aliphatic rings. The fraction of sp³-hybridized carbons (Fsp3) is 0.400. The minimum absolute atomic E-state index is 0.569. The van der Waals surface area contributed by atoms with Gasteiger partial charge < -0.3 is 9.67 Å². The Balaban J connectivity index is 2.78. The molecule has 0 amide bonds. The molecule has 1 atom stereocenters. The van der Waals surface area contributed by atoms with Crippen LogP contribution in [0.2, 0.25) is 0 Å². The molecule has 1 heterocycles. The topological polar surface area (TPSA) is 38.0 Å². The molecule has 1 N–H and O–H groups in total. The van der Waals surface area contributed by atoms with Crippen LogP contribution in [-0.2, 0) is 0 Å². The van der Waals surface area contributed by atoms with Crippen molar-refractivity contribution in [3.05, 3.63) is 18.7 Å². The molecule has 0 radical (unpaired) electrons. The molecule has 0 fully saturated rings. The van der Waals surface area contributed by atoms with Gasteiger partial charge in [0.05, 0.1) is 6.33 Å². The summed E-state index contributed by atoms with van der Waals surface area (Å²) in [5.74, 6) is 0. The maximum Gasteiger partial charge on any atom is 0.433 e. The molecular formula is C5H5F3N2O. The van der Waals surface area contributed by atoms with E-state index < -0.39 is 12.4 Å². The van der Waals surface area contributed by atoms with Gasteiger partial charge in [-0.2, -0.15) is 13.2 Å². The summed E-state index contributed by atoms with van der Waals surface area (Å²) in [6.45, 7) is 0. The van der Waals surface area contributed by atoms with Gasteiger partial charge in [-0.25, -0.2) is 4.98 Å². The van der Waals surface area contributed by atoms with Crippen LogP contribution in [0, 0.1) is 0 Å². The zero-order valence-corrected chi connectivity index (χ0v) is 5.28. The molecule has 1 unspecified atom stereocenters. The maximum absolute atomic E-state index is 11.7. The van der Waals surface area contributed by atoms with E-state index in [0.717, 1.165) is 18.7 Å². The predicted molar refractivity (Wildman–Crippen MR) is 29.5 cm³/mol. The molecule has 0 saturated carbocycles. The van der Waals surface area contributed by atoms with Crippen molar-refractivity contribution in [1.82, 2.24) is 9.55 Å². The summed E-state index contributed by atoms with van der Waals surface area (Å²) in [4.78, 5) is 3.36. The lowest BCUT2D eigenvalue weighted by molar-refractivity contribution is -0.231. The fourth-order valence-electron chi connectivity index (χ4n) is 0.583. The molecule has 11 heavy (non-hydrogen) atoms. The lowest BCUT2D eigenvalue weighted by atomic mass is 10.5. The zero-order valence-electron chi connectivity index (χ0n) is 5.28. The number of aromatic nitrogens is 2. The van der Waals surface area contributed by atoms with E-state index in [4.69, 9.17) is 5.11 Å². The van der Waals surface area contributed by atoms with E-state index in [0.29, 0.717) is 4.57 Å². The monoisotopic (exact) mass is 166 g/mol. The van der Waals surface area contributed by atoms with Crippen LogP contribution < -0.4 is 0 Å². The number of aliphatic hydroxyl groups is 1. The third kappa shape index (κ3) is 1.70. The number of rotatable bonds is 1. The summed E-state index contributed by atoms with van der Waals surface area (Å²) >= 11 is 0. The van der Waals surface area contributed by atoms with Gasteiger partial charge in [-0.3, -0.25) is 0 Å². The third-order valence-corrected chi connectivity index (χ3v) is 1.10. The minimum Gasteiger partial charge on any atom is -0.366 e. The molecular weight excluding hydrogens is 161 g/mol. The highest BCUT2D eigenvalue weighted by Gasteiger charge is 2.39. The van der Waals surface area contributed by atoms with Gasteiger partial charge in [-0.05, 0) is 0 Å². The summed E-state index contributed by atoms with van der Waals surface area (Å²) in [6, 6.07) is 0. The van der Waals surface area contributed by atoms with Crippen LogP contribution in [0.4, 0.5) is 13.2 Å². The first-order chi connectivity index (χ1) is 5.02. The largest absolute Gasteiger partial charge is 0.433 e. The van der Waals surface area contributed by atoms with Crippen molar-refractivity contribution in [3.63, 3.8) is 0 Å². The second-order valence-electron chi connectivity index (χ2n) is 1.93. The summed E-state index contributed by atoms with van der Waals surface area (Å²) in [7, 11) is 0. The molecule has 0 aliphatic carbocycles. The number of aliphatic hydroxyl groups excluding tert-OH is 1. The molecule has 0 bridgehead atoms. The van der Waals surface area contributed by atoms with Crippen LogP contribution in [0.15, 0.2) is 18.7 Å². The van der Waals surface area contributed by atoms with Crippen molar-refractivity contribution in [2.75, 3.05) is 0 Å². The van der Waals surface area contributed by atoms with Gasteiger partial charge in [-0.15, -0.1) is 0 Å². The Morgan fingerprint density at radius 3 is 2.45 bits per heavy atom. The summed E-state index contributed by atoms with van der Waals surface area (Å²) in [5.41, 5.74) is 0. The number of halogens is 3. The van der Waals surface area contributed by atoms with Crippen LogP contribution in [0.5, 0.6) is 0 Å². The molecule has 1 aromatic rings. The van der Waals surface area contributed by atoms with Gasteiger partial charge in [0, 0.05) is 12.4 Å². The Bertz CT molecular complexity index is 218. The Hall–Kier alpha value is -1.04. The quantitative estimate of drug-likeness (QED) is 0.674. The predicted octanol–water partition coefficient (Wildman–Crippen LogP) is 0.936. The standard InChI is InChI=1S/C5H5F3N2O/c6-5(7,8)4(11)10-2-1-9-3-10/h1-4,11H. The first-order valence-corrected chi connectivity index (χ1v) is 2.74. The second kappa shape index (κ2) is 2.54. The van der Waals surface area contributed by atoms with Crippen molar-refractivity contribution in [3.8, 4) is 0 Å². The molecule has 3 nitrogen and oxygen atoms in total. The first-order valence-electron chi connectivity index (χ1n) is 2.74. The van der Waals surface area contributed by atoms with Crippen LogP contribution in [0.1, 0.15) is 6.23 Å². The molecule has 1 aromatic heterocycles. The van der Waals surface area contributed by atoms with Crippen LogP contribution in [0.25, 0.3) is 0 Å². The van der Waals surface area contributed by atoms with Crippen molar-refractivity contribution < 1.29 is 18.3 Å². The van der Waals surface area contributed by atoms with Gasteiger partial charge >= 0.3 is 6.18 Å². The molecule has 62 valence electrons. The summed E-state index contributed by atoms with van der Waals surface area (Å²) < 4.78 is 35.7. The molecule has 1 rings (SSSR count). The average Bonchev–Trinajstić information content (AvgIpc) is 2.34. The lowest BCUT2D eigenvalue weighted by Gasteiger charge is -2.14. The van der Waals surface area contributed by atoms with Crippen molar-refractivity contribution >= 4 is 0 Å². The second-order valence-corrected chi connectivity index (χ2v) is 1.93. The first kappa shape index (κ1) is 8.06. The maximum atomic E-state index is 11.7. The van der Waals surface area contributed by atoms with Gasteiger partial charge in [0.1, 0.15) is 0 Å². The smallest absolute Gasteiger partial charge is 0.366 e. The molecule has 0 spiro atoms. The Morgan fingerprint density at radius 1 is 1.45 bits per heavy atom. The van der Waals surface area contributed by atoms with E-state index in [1.54, 1.807) is 0 Å². The highest BCUT2D eigenvalue weighted by Crippen LogP contribution is 2.27. The minimum atomic E-state index is -4.64. The van der Waals surface area contributed by atoms with Crippen molar-refractivity contribution in [2.45, 2.75) is 12.4 Å². The van der Waals surface area contributed by atoms with Crippen molar-refractivity contribution in [1.29, 1.82) is 0 Å². The average molecular weight is 166 g/mol. The van der Waals surface area contributed by atoms with E-state index in [-0.39, 0.29) is 0 Å². The van der Waals surface area contributed by atoms with E-state index >= 15 is 0 Å². The molecule has 0 aromatic carbocycles. The highest BCUT2D eigenvalue weighted by molar-refractivity contribution is 4.78. The van der Waals surface area contributed by atoms with Crippen LogP contribution >= 0.6 is 0 Å².